The molecule has 2 aliphatic carbocycles. The van der Waals surface area contributed by atoms with Crippen LogP contribution in [-0.2, 0) is 28.6 Å². The van der Waals surface area contributed by atoms with Gasteiger partial charge in [0, 0.05) is 18.9 Å². The van der Waals surface area contributed by atoms with Gasteiger partial charge in [-0.25, -0.2) is 4.79 Å². The van der Waals surface area contributed by atoms with Crippen LogP contribution in [-0.4, -0.2) is 38.0 Å². The normalized spacial score (nSPS) is 23.9. The number of allylic oxidation sites excluding steroid dienone is 1. The highest BCUT2D eigenvalue weighted by molar-refractivity contribution is 6.08. The number of Topliss-reactive ketones (excluding diaryl/α,β-unsaturated/α-hetero) is 1. The Morgan fingerprint density at radius 3 is 2.42 bits per heavy atom. The summed E-state index contributed by atoms with van der Waals surface area (Å²) in [7, 11) is 2.49. The third-order valence-electron chi connectivity index (χ3n) is 5.24. The van der Waals surface area contributed by atoms with Gasteiger partial charge in [0.2, 0.25) is 5.88 Å². The fourth-order valence-electron chi connectivity index (χ4n) is 3.93. The number of esters is 2. The minimum atomic E-state index is -1.10. The average molecular weight is 363 g/mol. The number of ether oxygens (including phenoxy) is 3. The Morgan fingerprint density at radius 2 is 1.77 bits per heavy atom. The van der Waals surface area contributed by atoms with Crippen molar-refractivity contribution in [3.05, 3.63) is 22.8 Å². The second-order valence-corrected chi connectivity index (χ2v) is 6.89. The third-order valence-corrected chi connectivity index (χ3v) is 5.24. The van der Waals surface area contributed by atoms with E-state index in [1.807, 2.05) is 0 Å². The quantitative estimate of drug-likeness (QED) is 0.765. The maximum Gasteiger partial charge on any atom is 0.340 e. The lowest BCUT2D eigenvalue weighted by atomic mass is 9.81. The summed E-state index contributed by atoms with van der Waals surface area (Å²) in [4.78, 5) is 37.5. The third kappa shape index (κ3) is 3.48. The first-order valence-electron chi connectivity index (χ1n) is 9.17. The zero-order valence-electron chi connectivity index (χ0n) is 15.3. The van der Waals surface area contributed by atoms with Crippen molar-refractivity contribution in [1.82, 2.24) is 5.32 Å². The van der Waals surface area contributed by atoms with Crippen molar-refractivity contribution in [2.45, 2.75) is 57.4 Å². The maximum atomic E-state index is 12.5. The van der Waals surface area contributed by atoms with Gasteiger partial charge in [0.05, 0.1) is 19.8 Å². The van der Waals surface area contributed by atoms with Gasteiger partial charge in [-0.2, -0.15) is 0 Å². The number of nitrogens with one attached hydrogen (secondary N) is 1. The zero-order valence-corrected chi connectivity index (χ0v) is 15.3. The zero-order chi connectivity index (χ0) is 18.7. The van der Waals surface area contributed by atoms with Crippen LogP contribution < -0.4 is 5.32 Å². The van der Waals surface area contributed by atoms with E-state index in [0.29, 0.717) is 25.0 Å². The van der Waals surface area contributed by atoms with E-state index in [4.69, 9.17) is 14.2 Å². The topological polar surface area (TPSA) is 90.9 Å². The molecular formula is C19H25NO6. The molecule has 1 unspecified atom stereocenters. The van der Waals surface area contributed by atoms with Crippen molar-refractivity contribution < 1.29 is 28.6 Å². The molecule has 0 amide bonds. The van der Waals surface area contributed by atoms with E-state index in [1.165, 1.54) is 20.6 Å². The van der Waals surface area contributed by atoms with Gasteiger partial charge in [-0.15, -0.1) is 0 Å². The first-order chi connectivity index (χ1) is 12.6. The first-order valence-corrected chi connectivity index (χ1v) is 9.17. The molecule has 142 valence electrons. The van der Waals surface area contributed by atoms with Crippen molar-refractivity contribution in [2.75, 3.05) is 14.2 Å². The molecule has 0 aromatic rings. The van der Waals surface area contributed by atoms with Crippen LogP contribution in [0.1, 0.15) is 51.4 Å². The minimum absolute atomic E-state index is 0.0268. The predicted molar refractivity (Wildman–Crippen MR) is 91.5 cm³/mol. The Hall–Kier alpha value is -2.31. The van der Waals surface area contributed by atoms with E-state index in [1.54, 1.807) is 0 Å². The Balaban J connectivity index is 2.03. The lowest BCUT2D eigenvalue weighted by molar-refractivity contribution is -0.147. The molecule has 7 heteroatoms. The molecule has 0 aromatic heterocycles. The van der Waals surface area contributed by atoms with Crippen molar-refractivity contribution in [3.8, 4) is 0 Å². The molecular weight excluding hydrogens is 338 g/mol. The van der Waals surface area contributed by atoms with Gasteiger partial charge in [0.25, 0.3) is 0 Å². The molecule has 0 saturated heterocycles. The molecule has 7 nitrogen and oxygen atoms in total. The Bertz CT molecular complexity index is 672. The molecule has 3 rings (SSSR count). The van der Waals surface area contributed by atoms with Gasteiger partial charge in [0.1, 0.15) is 17.3 Å². The molecule has 0 spiro atoms. The van der Waals surface area contributed by atoms with Gasteiger partial charge in [-0.05, 0) is 19.3 Å². The largest absolute Gasteiger partial charge is 0.468 e. The Labute approximate surface area is 152 Å². The summed E-state index contributed by atoms with van der Waals surface area (Å²) in [5, 5.41) is 3.28. The molecule has 1 fully saturated rings. The van der Waals surface area contributed by atoms with Gasteiger partial charge in [-0.3, -0.25) is 9.59 Å². The van der Waals surface area contributed by atoms with Crippen molar-refractivity contribution in [1.29, 1.82) is 0 Å². The molecule has 1 N–H and O–H groups in total. The Morgan fingerprint density at radius 1 is 1.04 bits per heavy atom. The second kappa shape index (κ2) is 7.93. The van der Waals surface area contributed by atoms with Gasteiger partial charge in [0.15, 0.2) is 5.78 Å². The minimum Gasteiger partial charge on any atom is -0.468 e. The number of methoxy groups -OCH3 is 2. The summed E-state index contributed by atoms with van der Waals surface area (Å²) in [6.45, 7) is 0. The molecule has 1 heterocycles. The summed E-state index contributed by atoms with van der Waals surface area (Å²) in [6, 6.07) is 0.165. The van der Waals surface area contributed by atoms with Crippen LogP contribution in [0.25, 0.3) is 0 Å². The SMILES string of the molecule is COC(=O)C1=C(NC2CCCCC2)OC2=C(C(=O)CCC2)C1C(=O)OC. The number of hydrogen-bond acceptors (Lipinski definition) is 7. The second-order valence-electron chi connectivity index (χ2n) is 6.89. The molecule has 1 atom stereocenters. The van der Waals surface area contributed by atoms with Crippen LogP contribution in [0.5, 0.6) is 0 Å². The highest BCUT2D eigenvalue weighted by Gasteiger charge is 2.45. The number of hydrogen-bond donors (Lipinski definition) is 1. The molecule has 0 radical (unpaired) electrons. The van der Waals surface area contributed by atoms with Crippen LogP contribution in [0, 0.1) is 5.92 Å². The van der Waals surface area contributed by atoms with Gasteiger partial charge >= 0.3 is 11.9 Å². The molecule has 0 aromatic carbocycles. The lowest BCUT2D eigenvalue weighted by Crippen LogP contribution is -2.41. The molecule has 1 aliphatic heterocycles. The van der Waals surface area contributed by atoms with Crippen LogP contribution in [0.15, 0.2) is 22.8 Å². The number of carbonyl (C=O) groups is 3. The monoisotopic (exact) mass is 363 g/mol. The van der Waals surface area contributed by atoms with Crippen molar-refractivity contribution in [2.24, 2.45) is 5.92 Å². The molecule has 3 aliphatic rings. The summed E-state index contributed by atoms with van der Waals surface area (Å²) >= 11 is 0. The van der Waals surface area contributed by atoms with E-state index in [9.17, 15) is 14.4 Å². The Kier molecular flexibility index (Phi) is 5.64. The van der Waals surface area contributed by atoms with E-state index in [-0.39, 0.29) is 28.9 Å². The summed E-state index contributed by atoms with van der Waals surface area (Å²) in [5.41, 5.74) is 0.261. The molecule has 26 heavy (non-hydrogen) atoms. The highest BCUT2D eigenvalue weighted by atomic mass is 16.5. The smallest absolute Gasteiger partial charge is 0.340 e. The fourth-order valence-corrected chi connectivity index (χ4v) is 3.93. The number of rotatable bonds is 4. The van der Waals surface area contributed by atoms with Crippen molar-refractivity contribution in [3.63, 3.8) is 0 Å². The number of ketones is 1. The maximum absolute atomic E-state index is 12.5. The average Bonchev–Trinajstić information content (AvgIpc) is 2.66. The van der Waals surface area contributed by atoms with E-state index >= 15 is 0 Å². The van der Waals surface area contributed by atoms with Gasteiger partial charge in [-0.1, -0.05) is 19.3 Å². The first kappa shape index (κ1) is 18.5. The standard InChI is InChI=1S/C19H25NO6/c1-24-18(22)15-14-12(21)9-6-10-13(14)26-17(16(15)19(23)25-2)20-11-7-4-3-5-8-11/h11,15,20H,3-10H2,1-2H3. The molecule has 0 bridgehead atoms. The van der Waals surface area contributed by atoms with Crippen LogP contribution in [0.2, 0.25) is 0 Å². The van der Waals surface area contributed by atoms with E-state index in [0.717, 1.165) is 25.7 Å². The van der Waals surface area contributed by atoms with Gasteiger partial charge < -0.3 is 19.5 Å². The summed E-state index contributed by atoms with van der Waals surface area (Å²) < 4.78 is 15.7. The van der Waals surface area contributed by atoms with E-state index in [2.05, 4.69) is 5.32 Å². The van der Waals surface area contributed by atoms with Crippen LogP contribution >= 0.6 is 0 Å². The van der Waals surface area contributed by atoms with Crippen molar-refractivity contribution >= 4 is 17.7 Å². The highest BCUT2D eigenvalue weighted by Crippen LogP contribution is 2.40. The van der Waals surface area contributed by atoms with Crippen LogP contribution in [0.4, 0.5) is 0 Å². The predicted octanol–water partition coefficient (Wildman–Crippen LogP) is 2.12. The van der Waals surface area contributed by atoms with Crippen LogP contribution in [0.3, 0.4) is 0 Å². The number of carbonyl (C=O) groups excluding carboxylic acids is 3. The van der Waals surface area contributed by atoms with E-state index < -0.39 is 17.9 Å². The summed E-state index contributed by atoms with van der Waals surface area (Å²) in [5.74, 6) is -1.94. The lowest BCUT2D eigenvalue weighted by Gasteiger charge is -2.34. The summed E-state index contributed by atoms with van der Waals surface area (Å²) in [6.07, 6.45) is 6.88. The molecule has 1 saturated carbocycles. The fraction of sp³-hybridized carbons (Fsp3) is 0.632.